The normalized spacial score (nSPS) is 12.2. The lowest BCUT2D eigenvalue weighted by Crippen LogP contribution is -2.43. The lowest BCUT2D eigenvalue weighted by Gasteiger charge is -2.26. The van der Waals surface area contributed by atoms with E-state index in [9.17, 15) is 8.42 Å². The number of rotatable bonds is 7. The Balaban J connectivity index is 3.28. The van der Waals surface area contributed by atoms with Crippen molar-refractivity contribution in [3.63, 3.8) is 0 Å². The molecule has 6 nitrogen and oxygen atoms in total. The van der Waals surface area contributed by atoms with E-state index >= 15 is 0 Å². The summed E-state index contributed by atoms with van der Waals surface area (Å²) in [4.78, 5) is 0.00692. The van der Waals surface area contributed by atoms with Crippen molar-refractivity contribution in [2.24, 2.45) is 0 Å². The predicted octanol–water partition coefficient (Wildman–Crippen LogP) is 2.14. The van der Waals surface area contributed by atoms with E-state index in [0.717, 1.165) is 12.8 Å². The van der Waals surface area contributed by atoms with Crippen molar-refractivity contribution in [3.05, 3.63) is 12.1 Å². The van der Waals surface area contributed by atoms with Crippen LogP contribution in [0.25, 0.3) is 0 Å². The number of sulfonamides is 1. The summed E-state index contributed by atoms with van der Waals surface area (Å²) in [7, 11) is -0.877. The summed E-state index contributed by atoms with van der Waals surface area (Å²) in [5.41, 5.74) is 5.50. The van der Waals surface area contributed by atoms with E-state index in [1.165, 1.54) is 26.4 Å². The van der Waals surface area contributed by atoms with Crippen molar-refractivity contribution >= 4 is 15.7 Å². The average Bonchev–Trinajstić information content (AvgIpc) is 2.36. The van der Waals surface area contributed by atoms with Crippen LogP contribution in [-0.4, -0.2) is 28.2 Å². The number of hydrogen-bond donors (Lipinski definition) is 2. The fraction of sp³-hybridized carbons (Fsp3) is 0.571. The predicted molar refractivity (Wildman–Crippen MR) is 83.3 cm³/mol. The Morgan fingerprint density at radius 1 is 1.19 bits per heavy atom. The van der Waals surface area contributed by atoms with Gasteiger partial charge in [-0.1, -0.05) is 13.3 Å². The average molecular weight is 316 g/mol. The minimum Gasteiger partial charge on any atom is -0.495 e. The van der Waals surface area contributed by atoms with E-state index in [1.54, 1.807) is 0 Å². The summed E-state index contributed by atoms with van der Waals surface area (Å²) in [5, 5.41) is 0. The number of anilines is 1. The van der Waals surface area contributed by atoms with Gasteiger partial charge in [-0.05, 0) is 26.3 Å². The van der Waals surface area contributed by atoms with Gasteiger partial charge in [0.1, 0.15) is 16.4 Å². The first-order valence-corrected chi connectivity index (χ1v) is 8.20. The summed E-state index contributed by atoms with van der Waals surface area (Å²) in [6.07, 6.45) is 1.59. The van der Waals surface area contributed by atoms with E-state index in [-0.39, 0.29) is 16.3 Å². The highest BCUT2D eigenvalue weighted by molar-refractivity contribution is 7.89. The topological polar surface area (TPSA) is 90.7 Å². The molecule has 3 N–H and O–H groups in total. The summed E-state index contributed by atoms with van der Waals surface area (Å²) in [6, 6.07) is 2.82. The number of benzene rings is 1. The number of nitrogens with one attached hydrogen (secondary N) is 1. The molecule has 1 aromatic rings. The Morgan fingerprint density at radius 3 is 2.24 bits per heavy atom. The maximum absolute atomic E-state index is 12.6. The molecule has 0 aliphatic heterocycles. The quantitative estimate of drug-likeness (QED) is 0.752. The van der Waals surface area contributed by atoms with Crippen molar-refractivity contribution < 1.29 is 17.9 Å². The van der Waals surface area contributed by atoms with Crippen molar-refractivity contribution in [3.8, 4) is 11.5 Å². The molecule has 0 saturated heterocycles. The highest BCUT2D eigenvalue weighted by Gasteiger charge is 2.28. The fourth-order valence-electron chi connectivity index (χ4n) is 2.20. The maximum atomic E-state index is 12.6. The number of hydrogen-bond acceptors (Lipinski definition) is 5. The zero-order chi connectivity index (χ0) is 16.3. The standard InChI is InChI=1S/C14H24N2O4S/c1-6-7-14(2,3)16-21(17,18)13-8-10(15)11(19-4)9-12(13)20-5/h8-9,16H,6-7,15H2,1-5H3. The second kappa shape index (κ2) is 6.53. The van der Waals surface area contributed by atoms with Crippen molar-refractivity contribution in [1.29, 1.82) is 0 Å². The molecule has 0 heterocycles. The molecule has 21 heavy (non-hydrogen) atoms. The molecule has 0 radical (unpaired) electrons. The van der Waals surface area contributed by atoms with E-state index in [0.29, 0.717) is 5.75 Å². The van der Waals surface area contributed by atoms with Crippen LogP contribution in [0.1, 0.15) is 33.6 Å². The van der Waals surface area contributed by atoms with Crippen LogP contribution in [0.3, 0.4) is 0 Å². The van der Waals surface area contributed by atoms with Crippen LogP contribution in [0.15, 0.2) is 17.0 Å². The molecule has 0 fully saturated rings. The number of nitrogen functional groups attached to an aromatic ring is 1. The van der Waals surface area contributed by atoms with E-state index in [1.807, 2.05) is 20.8 Å². The minimum absolute atomic E-state index is 0.00692. The van der Waals surface area contributed by atoms with Gasteiger partial charge in [-0.25, -0.2) is 13.1 Å². The van der Waals surface area contributed by atoms with Gasteiger partial charge in [0.25, 0.3) is 0 Å². The van der Waals surface area contributed by atoms with Crippen molar-refractivity contribution in [2.45, 2.75) is 44.0 Å². The van der Waals surface area contributed by atoms with Gasteiger partial charge in [0.15, 0.2) is 0 Å². The van der Waals surface area contributed by atoms with Gasteiger partial charge in [-0.3, -0.25) is 0 Å². The molecule has 0 amide bonds. The Hall–Kier alpha value is -1.47. The number of methoxy groups -OCH3 is 2. The number of ether oxygens (including phenoxy) is 2. The highest BCUT2D eigenvalue weighted by atomic mass is 32.2. The smallest absolute Gasteiger partial charge is 0.244 e. The lowest BCUT2D eigenvalue weighted by atomic mass is 10.0. The van der Waals surface area contributed by atoms with Gasteiger partial charge in [0.05, 0.1) is 19.9 Å². The molecule has 1 aromatic carbocycles. The third-order valence-electron chi connectivity index (χ3n) is 3.09. The zero-order valence-electron chi connectivity index (χ0n) is 13.2. The molecule has 0 unspecified atom stereocenters. The minimum atomic E-state index is -3.74. The Morgan fingerprint density at radius 2 is 1.76 bits per heavy atom. The first-order chi connectivity index (χ1) is 9.66. The first kappa shape index (κ1) is 17.6. The Bertz CT molecular complexity index is 597. The molecule has 120 valence electrons. The van der Waals surface area contributed by atoms with Crippen LogP contribution >= 0.6 is 0 Å². The van der Waals surface area contributed by atoms with Gasteiger partial charge in [0.2, 0.25) is 10.0 Å². The van der Waals surface area contributed by atoms with E-state index in [2.05, 4.69) is 4.72 Å². The summed E-state index contributed by atoms with van der Waals surface area (Å²) in [5.74, 6) is 0.569. The highest BCUT2D eigenvalue weighted by Crippen LogP contribution is 2.34. The van der Waals surface area contributed by atoms with E-state index in [4.69, 9.17) is 15.2 Å². The third-order valence-corrected chi connectivity index (χ3v) is 4.81. The van der Waals surface area contributed by atoms with Gasteiger partial charge >= 0.3 is 0 Å². The van der Waals surface area contributed by atoms with Gasteiger partial charge in [-0.15, -0.1) is 0 Å². The van der Waals surface area contributed by atoms with Gasteiger partial charge < -0.3 is 15.2 Å². The second-order valence-electron chi connectivity index (χ2n) is 5.48. The fourth-order valence-corrected chi connectivity index (χ4v) is 3.83. The molecular formula is C14H24N2O4S. The molecule has 0 saturated carbocycles. The molecule has 7 heteroatoms. The Kier molecular flexibility index (Phi) is 5.47. The van der Waals surface area contributed by atoms with Gasteiger partial charge in [-0.2, -0.15) is 0 Å². The summed E-state index contributed by atoms with van der Waals surface area (Å²) < 4.78 is 38.0. The zero-order valence-corrected chi connectivity index (χ0v) is 14.0. The molecule has 0 atom stereocenters. The largest absolute Gasteiger partial charge is 0.495 e. The van der Waals surface area contributed by atoms with Crippen molar-refractivity contribution in [2.75, 3.05) is 20.0 Å². The van der Waals surface area contributed by atoms with Crippen LogP contribution < -0.4 is 19.9 Å². The molecule has 0 spiro atoms. The Labute approximate surface area is 126 Å². The van der Waals surface area contributed by atoms with Crippen LogP contribution in [0.2, 0.25) is 0 Å². The lowest BCUT2D eigenvalue weighted by molar-refractivity contribution is 0.384. The van der Waals surface area contributed by atoms with Crippen LogP contribution in [-0.2, 0) is 10.0 Å². The third kappa shape index (κ3) is 4.25. The van der Waals surface area contributed by atoms with Crippen LogP contribution in [0.4, 0.5) is 5.69 Å². The van der Waals surface area contributed by atoms with Crippen LogP contribution in [0.5, 0.6) is 11.5 Å². The molecule has 1 rings (SSSR count). The molecular weight excluding hydrogens is 292 g/mol. The SMILES string of the molecule is CCCC(C)(C)NS(=O)(=O)c1cc(N)c(OC)cc1OC. The summed E-state index contributed by atoms with van der Waals surface area (Å²) >= 11 is 0. The van der Waals surface area contributed by atoms with Crippen LogP contribution in [0, 0.1) is 0 Å². The van der Waals surface area contributed by atoms with Crippen molar-refractivity contribution in [1.82, 2.24) is 4.72 Å². The molecule has 0 aromatic heterocycles. The molecule has 0 bridgehead atoms. The maximum Gasteiger partial charge on any atom is 0.244 e. The molecule has 0 aliphatic rings. The molecule has 0 aliphatic carbocycles. The number of nitrogens with two attached hydrogens (primary N) is 1. The summed E-state index contributed by atoms with van der Waals surface area (Å²) in [6.45, 7) is 5.68. The van der Waals surface area contributed by atoms with E-state index < -0.39 is 15.6 Å². The first-order valence-electron chi connectivity index (χ1n) is 6.72. The monoisotopic (exact) mass is 316 g/mol. The second-order valence-corrected chi connectivity index (χ2v) is 7.14. The van der Waals surface area contributed by atoms with Gasteiger partial charge in [0, 0.05) is 11.6 Å².